The van der Waals surface area contributed by atoms with Crippen LogP contribution in [-0.2, 0) is 9.53 Å². The summed E-state index contributed by atoms with van der Waals surface area (Å²) in [5.41, 5.74) is 0.619. The van der Waals surface area contributed by atoms with Crippen LogP contribution in [0.3, 0.4) is 0 Å². The number of allylic oxidation sites excluding steroid dienone is 1. The zero-order valence-corrected chi connectivity index (χ0v) is 12.6. The fourth-order valence-corrected chi connectivity index (χ4v) is 2.52. The number of aromatic nitrogens is 2. The van der Waals surface area contributed by atoms with Crippen LogP contribution in [0.4, 0.5) is 0 Å². The van der Waals surface area contributed by atoms with E-state index >= 15 is 0 Å². The molecule has 6 nitrogen and oxygen atoms in total. The summed E-state index contributed by atoms with van der Waals surface area (Å²) in [6.07, 6.45) is 1.25. The minimum Gasteiger partial charge on any atom is -0.454 e. The minimum atomic E-state index is -1.02. The maximum Gasteiger partial charge on any atom is 0.359 e. The van der Waals surface area contributed by atoms with Crippen LogP contribution in [-0.4, -0.2) is 39.0 Å². The molecule has 0 aliphatic heterocycles. The Balaban J connectivity index is 2.26. The highest BCUT2D eigenvalue weighted by molar-refractivity contribution is 5.95. The first kappa shape index (κ1) is 15.4. The minimum absolute atomic E-state index is 0.0476. The zero-order valence-electron chi connectivity index (χ0n) is 12.6. The number of hydrogen-bond acceptors (Lipinski definition) is 5. The number of nitrogens with one attached hydrogen (secondary N) is 1. The number of H-pyrrole nitrogens is 1. The van der Waals surface area contributed by atoms with Crippen LogP contribution in [0.2, 0.25) is 0 Å². The lowest BCUT2D eigenvalue weighted by Crippen LogP contribution is -2.42. The molecule has 2 N–H and O–H groups in total. The van der Waals surface area contributed by atoms with Gasteiger partial charge in [-0.3, -0.25) is 4.79 Å². The molecule has 1 aromatic heterocycles. The predicted octanol–water partition coefficient (Wildman–Crippen LogP) is 1.55. The summed E-state index contributed by atoms with van der Waals surface area (Å²) in [5, 5.41) is 10.3. The van der Waals surface area contributed by atoms with Gasteiger partial charge in [0.25, 0.3) is 0 Å². The number of aryl methyl sites for hydroxylation is 1. The molecular formula is C15H20N2O4. The largest absolute Gasteiger partial charge is 0.454 e. The van der Waals surface area contributed by atoms with Crippen LogP contribution in [0.25, 0.3) is 0 Å². The van der Waals surface area contributed by atoms with Crippen molar-refractivity contribution in [3.05, 3.63) is 29.4 Å². The number of carbonyl (C=O) groups excluding carboxylic acids is 2. The second-order valence-electron chi connectivity index (χ2n) is 6.13. The van der Waals surface area contributed by atoms with Crippen molar-refractivity contribution in [3.63, 3.8) is 0 Å². The number of Topliss-reactive ketones (excluding diaryl/α,β-unsaturated/α-hetero) is 1. The first-order valence-electron chi connectivity index (χ1n) is 6.83. The normalized spacial score (nSPS) is 25.2. The standard InChI is InChI=1S/C15H20N2O4/c1-8-5-10(18)13(15(3,4)6-11(8)19)21-14(20)12-9(2)16-7-17-12/h5,7,10,13,18H,6H2,1-4H3,(H,16,17). The van der Waals surface area contributed by atoms with Gasteiger partial charge in [-0.1, -0.05) is 13.8 Å². The maximum atomic E-state index is 12.2. The SMILES string of the molecule is CC1=CC(O)C(OC(=O)c2nc[nH]c2C)C(C)(C)CC1=O. The molecule has 1 aromatic rings. The van der Waals surface area contributed by atoms with Gasteiger partial charge < -0.3 is 14.8 Å². The van der Waals surface area contributed by atoms with E-state index in [-0.39, 0.29) is 17.9 Å². The first-order chi connectivity index (χ1) is 9.72. The highest BCUT2D eigenvalue weighted by Crippen LogP contribution is 2.35. The average molecular weight is 292 g/mol. The molecule has 6 heteroatoms. The number of nitrogens with zero attached hydrogens (tertiary/aromatic N) is 1. The van der Waals surface area contributed by atoms with Crippen LogP contribution in [0.1, 0.15) is 43.4 Å². The second-order valence-corrected chi connectivity index (χ2v) is 6.13. The Labute approximate surface area is 123 Å². The summed E-state index contributed by atoms with van der Waals surface area (Å²) >= 11 is 0. The molecule has 2 rings (SSSR count). The second kappa shape index (κ2) is 5.44. The van der Waals surface area contributed by atoms with Gasteiger partial charge >= 0.3 is 5.97 Å². The molecule has 1 heterocycles. The van der Waals surface area contributed by atoms with Gasteiger partial charge in [-0.15, -0.1) is 0 Å². The number of ketones is 1. The highest BCUT2D eigenvalue weighted by Gasteiger charge is 2.42. The number of imidazole rings is 1. The Hall–Kier alpha value is -1.95. The van der Waals surface area contributed by atoms with Gasteiger partial charge in [0, 0.05) is 17.5 Å². The summed E-state index contributed by atoms with van der Waals surface area (Å²) in [5.74, 6) is -0.653. The van der Waals surface area contributed by atoms with Gasteiger partial charge in [0.15, 0.2) is 11.5 Å². The molecule has 1 aliphatic rings. The molecule has 0 bridgehead atoms. The number of rotatable bonds is 2. The average Bonchev–Trinajstić information content (AvgIpc) is 2.77. The van der Waals surface area contributed by atoms with E-state index in [0.29, 0.717) is 11.3 Å². The van der Waals surface area contributed by atoms with E-state index in [1.54, 1.807) is 27.7 Å². The van der Waals surface area contributed by atoms with Gasteiger partial charge in [-0.05, 0) is 25.5 Å². The molecule has 2 atom stereocenters. The van der Waals surface area contributed by atoms with Gasteiger partial charge in [-0.2, -0.15) is 0 Å². The van der Waals surface area contributed by atoms with Crippen molar-refractivity contribution in [3.8, 4) is 0 Å². The third kappa shape index (κ3) is 3.05. The molecule has 0 saturated heterocycles. The fraction of sp³-hybridized carbons (Fsp3) is 0.533. The molecular weight excluding hydrogens is 272 g/mol. The number of aliphatic hydroxyl groups is 1. The van der Waals surface area contributed by atoms with Crippen molar-refractivity contribution in [2.45, 2.75) is 46.3 Å². The van der Waals surface area contributed by atoms with Gasteiger partial charge in [0.2, 0.25) is 0 Å². The molecule has 0 amide bonds. The Morgan fingerprint density at radius 2 is 2.14 bits per heavy atom. The molecule has 0 fully saturated rings. The van der Waals surface area contributed by atoms with Crippen molar-refractivity contribution in [2.24, 2.45) is 5.41 Å². The van der Waals surface area contributed by atoms with Gasteiger partial charge in [0.05, 0.1) is 6.33 Å². The van der Waals surface area contributed by atoms with Crippen LogP contribution in [0.15, 0.2) is 18.0 Å². The Morgan fingerprint density at radius 1 is 1.48 bits per heavy atom. The van der Waals surface area contributed by atoms with Crippen LogP contribution in [0, 0.1) is 12.3 Å². The fourth-order valence-electron chi connectivity index (χ4n) is 2.52. The monoisotopic (exact) mass is 292 g/mol. The number of esters is 1. The number of aliphatic hydroxyl groups excluding tert-OH is 1. The maximum absolute atomic E-state index is 12.2. The van der Waals surface area contributed by atoms with E-state index in [1.807, 2.05) is 0 Å². The van der Waals surface area contributed by atoms with Gasteiger partial charge in [-0.25, -0.2) is 9.78 Å². The summed E-state index contributed by atoms with van der Waals surface area (Å²) in [4.78, 5) is 30.9. The summed E-state index contributed by atoms with van der Waals surface area (Å²) < 4.78 is 5.45. The third-order valence-electron chi connectivity index (χ3n) is 3.81. The summed E-state index contributed by atoms with van der Waals surface area (Å²) in [6.45, 7) is 6.97. The van der Waals surface area contributed by atoms with Crippen molar-refractivity contribution in [2.75, 3.05) is 0 Å². The van der Waals surface area contributed by atoms with Gasteiger partial charge in [0.1, 0.15) is 12.2 Å². The zero-order chi connectivity index (χ0) is 15.8. The summed E-state index contributed by atoms with van der Waals surface area (Å²) in [7, 11) is 0. The van der Waals surface area contributed by atoms with Crippen molar-refractivity contribution < 1.29 is 19.4 Å². The predicted molar refractivity (Wildman–Crippen MR) is 75.7 cm³/mol. The molecule has 0 aromatic carbocycles. The van der Waals surface area contributed by atoms with E-state index in [4.69, 9.17) is 4.74 Å². The smallest absolute Gasteiger partial charge is 0.359 e. The molecule has 2 unspecified atom stereocenters. The molecule has 114 valence electrons. The number of carbonyl (C=O) groups is 2. The number of aromatic amines is 1. The van der Waals surface area contributed by atoms with E-state index in [2.05, 4.69) is 9.97 Å². The Kier molecular flexibility index (Phi) is 4.00. The molecule has 0 saturated carbocycles. The number of hydrogen-bond donors (Lipinski definition) is 2. The van der Waals surface area contributed by atoms with Crippen molar-refractivity contribution in [1.82, 2.24) is 9.97 Å². The molecule has 1 aliphatic carbocycles. The Bertz CT molecular complexity index is 601. The van der Waals surface area contributed by atoms with Crippen LogP contribution < -0.4 is 0 Å². The lowest BCUT2D eigenvalue weighted by atomic mass is 9.80. The lowest BCUT2D eigenvalue weighted by molar-refractivity contribution is -0.119. The lowest BCUT2D eigenvalue weighted by Gasteiger charge is -2.33. The van der Waals surface area contributed by atoms with E-state index in [1.165, 1.54) is 12.4 Å². The van der Waals surface area contributed by atoms with Crippen molar-refractivity contribution in [1.29, 1.82) is 0 Å². The van der Waals surface area contributed by atoms with Crippen molar-refractivity contribution >= 4 is 11.8 Å². The number of ether oxygens (including phenoxy) is 1. The van der Waals surface area contributed by atoms with Crippen LogP contribution in [0.5, 0.6) is 0 Å². The topological polar surface area (TPSA) is 92.3 Å². The first-order valence-corrected chi connectivity index (χ1v) is 6.83. The molecule has 0 radical (unpaired) electrons. The Morgan fingerprint density at radius 3 is 2.71 bits per heavy atom. The summed E-state index contributed by atoms with van der Waals surface area (Å²) in [6, 6.07) is 0. The van der Waals surface area contributed by atoms with E-state index < -0.39 is 23.6 Å². The molecule has 21 heavy (non-hydrogen) atoms. The third-order valence-corrected chi connectivity index (χ3v) is 3.81. The van der Waals surface area contributed by atoms with E-state index in [0.717, 1.165) is 0 Å². The highest BCUT2D eigenvalue weighted by atomic mass is 16.6. The molecule has 0 spiro atoms. The quantitative estimate of drug-likeness (QED) is 0.807. The van der Waals surface area contributed by atoms with Crippen LogP contribution >= 0.6 is 0 Å². The van der Waals surface area contributed by atoms with E-state index in [9.17, 15) is 14.7 Å².